The van der Waals surface area contributed by atoms with Crippen LogP contribution in [0.2, 0.25) is 0 Å². The molecule has 11 heteroatoms. The number of H-pyrrole nitrogens is 1. The Kier molecular flexibility index (Phi) is 9.61. The quantitative estimate of drug-likeness (QED) is 0.142. The summed E-state index contributed by atoms with van der Waals surface area (Å²) >= 11 is 1.21. The number of aryl methyl sites for hydroxylation is 1. The molecule has 5 aromatic rings. The largest absolute Gasteiger partial charge is 0.481 e. The highest BCUT2D eigenvalue weighted by molar-refractivity contribution is 7.99. The number of aliphatic carboxylic acids is 1. The second kappa shape index (κ2) is 13.9. The van der Waals surface area contributed by atoms with Gasteiger partial charge in [-0.1, -0.05) is 62.7 Å². The van der Waals surface area contributed by atoms with E-state index in [4.69, 9.17) is 16.7 Å². The van der Waals surface area contributed by atoms with Gasteiger partial charge in [-0.2, -0.15) is 5.10 Å². The van der Waals surface area contributed by atoms with E-state index < -0.39 is 17.6 Å². The lowest BCUT2D eigenvalue weighted by Crippen LogP contribution is -2.30. The number of hydrogen-bond acceptors (Lipinski definition) is 6. The molecule has 1 unspecified atom stereocenters. The number of nitrogens with zero attached hydrogens (tertiary/aromatic N) is 3. The summed E-state index contributed by atoms with van der Waals surface area (Å²) in [5.41, 5.74) is 11.0. The van der Waals surface area contributed by atoms with Crippen molar-refractivity contribution in [2.75, 3.05) is 0 Å². The minimum absolute atomic E-state index is 0.0440. The molecule has 0 saturated carbocycles. The molecule has 2 aromatic heterocycles. The maximum atomic E-state index is 15.8. The molecule has 6 N–H and O–H groups in total. The standard InChI is InChI=1S/C37H40F2N6O2S/c1-37(2)15-4-3-8-33(24-7-5-6-23(18-24)9-12-35(46)47)45-17-14-31(43-45)27-19-25(10-11-29(27)38)48-36-28(21-44(41)22-34(37)40)26-13-16-42-32(26)20-30(36)39/h5-7,10-11,13-14,16-20,22,33,42H,3-4,8-9,12,15,21,40-41H2,1-2H3,(H,46,47)/b34-22-. The van der Waals surface area contributed by atoms with Crippen LogP contribution in [0.4, 0.5) is 8.78 Å². The topological polar surface area (TPSA) is 126 Å². The lowest BCUT2D eigenvalue weighted by Gasteiger charge is -2.28. The number of halogens is 2. The fourth-order valence-electron chi connectivity index (χ4n) is 6.32. The van der Waals surface area contributed by atoms with Crippen LogP contribution in [-0.4, -0.2) is 30.8 Å². The number of nitrogens with two attached hydrogens (primary N) is 2. The van der Waals surface area contributed by atoms with E-state index in [2.05, 4.69) is 18.8 Å². The van der Waals surface area contributed by atoms with E-state index in [-0.39, 0.29) is 24.4 Å². The van der Waals surface area contributed by atoms with E-state index in [0.717, 1.165) is 42.2 Å². The van der Waals surface area contributed by atoms with Crippen molar-refractivity contribution in [1.29, 1.82) is 0 Å². The van der Waals surface area contributed by atoms with Crippen LogP contribution in [0.15, 0.2) is 94.7 Å². The van der Waals surface area contributed by atoms with E-state index in [0.29, 0.717) is 44.2 Å². The molecular weight excluding hydrogens is 631 g/mol. The van der Waals surface area contributed by atoms with Crippen LogP contribution in [0.3, 0.4) is 0 Å². The molecule has 1 aliphatic heterocycles. The molecule has 0 radical (unpaired) electrons. The minimum atomic E-state index is -0.843. The average Bonchev–Trinajstić information content (AvgIpc) is 3.72. The molecule has 3 aromatic carbocycles. The Balaban J connectivity index is 1.44. The first kappa shape index (κ1) is 33.3. The maximum Gasteiger partial charge on any atom is 0.303 e. The molecule has 1 atom stereocenters. The van der Waals surface area contributed by atoms with E-state index in [1.54, 1.807) is 30.6 Å². The van der Waals surface area contributed by atoms with Gasteiger partial charge >= 0.3 is 5.97 Å². The molecule has 1 aliphatic rings. The zero-order chi connectivity index (χ0) is 34.0. The number of aromatic nitrogens is 3. The van der Waals surface area contributed by atoms with Gasteiger partial charge in [0.15, 0.2) is 0 Å². The monoisotopic (exact) mass is 670 g/mol. The number of hydrogen-bond donors (Lipinski definition) is 4. The van der Waals surface area contributed by atoms with Crippen molar-refractivity contribution >= 4 is 28.6 Å². The molecule has 250 valence electrons. The molecular formula is C37H40F2N6O2S. The number of carboxylic acid groups (broad SMARTS) is 1. The van der Waals surface area contributed by atoms with Crippen molar-refractivity contribution in [3.63, 3.8) is 0 Å². The SMILES string of the molecule is CC1(C)CCCCC(c2cccc(CCC(=O)O)c2)n2ccc(n2)-c2cc(ccc2F)Sc2c(F)cc3[nH]ccc3c2CN(N)/C=C/1N. The van der Waals surface area contributed by atoms with Gasteiger partial charge in [0.05, 0.1) is 23.2 Å². The van der Waals surface area contributed by atoms with Crippen molar-refractivity contribution in [2.24, 2.45) is 17.0 Å². The maximum absolute atomic E-state index is 15.8. The van der Waals surface area contributed by atoms with Crippen molar-refractivity contribution in [3.8, 4) is 11.3 Å². The summed E-state index contributed by atoms with van der Waals surface area (Å²) < 4.78 is 33.0. The predicted octanol–water partition coefficient (Wildman–Crippen LogP) is 8.14. The number of carbonyl (C=O) groups is 1. The van der Waals surface area contributed by atoms with Crippen LogP contribution in [-0.2, 0) is 17.8 Å². The first-order chi connectivity index (χ1) is 23.0. The van der Waals surface area contributed by atoms with Gasteiger partial charge in [-0.3, -0.25) is 9.48 Å². The summed E-state index contributed by atoms with van der Waals surface area (Å²) in [6.07, 6.45) is 9.13. The van der Waals surface area contributed by atoms with Gasteiger partial charge < -0.3 is 20.8 Å². The predicted molar refractivity (Wildman–Crippen MR) is 185 cm³/mol. The number of fused-ring (bicyclic) bond motifs is 8. The first-order valence-corrected chi connectivity index (χ1v) is 16.9. The number of rotatable bonds is 4. The third-order valence-electron chi connectivity index (χ3n) is 9.15. The number of aromatic amines is 1. The highest BCUT2D eigenvalue weighted by atomic mass is 32.2. The fourth-order valence-corrected chi connectivity index (χ4v) is 7.32. The molecule has 6 rings (SSSR count). The normalized spacial score (nSPS) is 18.3. The number of hydrazine groups is 1. The highest BCUT2D eigenvalue weighted by Gasteiger charge is 2.24. The summed E-state index contributed by atoms with van der Waals surface area (Å²) in [5.74, 6) is 4.84. The van der Waals surface area contributed by atoms with Crippen molar-refractivity contribution in [2.45, 2.75) is 74.7 Å². The number of benzene rings is 3. The Morgan fingerprint density at radius 1 is 1.10 bits per heavy atom. The Morgan fingerprint density at radius 3 is 2.75 bits per heavy atom. The van der Waals surface area contributed by atoms with E-state index in [1.165, 1.54) is 28.9 Å². The van der Waals surface area contributed by atoms with Crippen molar-refractivity contribution in [3.05, 3.63) is 113 Å². The summed E-state index contributed by atoms with van der Waals surface area (Å²) in [6, 6.07) is 17.7. The highest BCUT2D eigenvalue weighted by Crippen LogP contribution is 2.40. The summed E-state index contributed by atoms with van der Waals surface area (Å²) in [7, 11) is 0. The molecule has 0 aliphatic carbocycles. The molecule has 0 spiro atoms. The van der Waals surface area contributed by atoms with Crippen LogP contribution >= 0.6 is 11.8 Å². The third kappa shape index (κ3) is 7.27. The average molecular weight is 671 g/mol. The minimum Gasteiger partial charge on any atom is -0.481 e. The second-order valence-electron chi connectivity index (χ2n) is 13.1. The molecule has 0 saturated heterocycles. The third-order valence-corrected chi connectivity index (χ3v) is 10.3. The number of carboxylic acids is 1. The van der Waals surface area contributed by atoms with Crippen LogP contribution in [0.25, 0.3) is 22.2 Å². The number of allylic oxidation sites excluding steroid dienone is 1. The van der Waals surface area contributed by atoms with Crippen LogP contribution in [0, 0.1) is 17.0 Å². The second-order valence-corrected chi connectivity index (χ2v) is 14.2. The van der Waals surface area contributed by atoms with E-state index in [1.807, 2.05) is 41.2 Å². The van der Waals surface area contributed by atoms with Gasteiger partial charge in [-0.25, -0.2) is 14.6 Å². The van der Waals surface area contributed by atoms with Gasteiger partial charge in [0, 0.05) is 57.5 Å². The summed E-state index contributed by atoms with van der Waals surface area (Å²) in [4.78, 5) is 15.4. The first-order valence-electron chi connectivity index (χ1n) is 16.1. The van der Waals surface area contributed by atoms with Gasteiger partial charge in [0.1, 0.15) is 11.6 Å². The van der Waals surface area contributed by atoms with Crippen LogP contribution in [0.5, 0.6) is 0 Å². The Labute approximate surface area is 282 Å². The number of nitrogens with one attached hydrogen (secondary N) is 1. The van der Waals surface area contributed by atoms with E-state index >= 15 is 8.78 Å². The van der Waals surface area contributed by atoms with Gasteiger partial charge in [0.2, 0.25) is 0 Å². The van der Waals surface area contributed by atoms with Crippen LogP contribution in [0.1, 0.15) is 68.7 Å². The zero-order valence-corrected chi connectivity index (χ0v) is 27.9. The molecule has 3 heterocycles. The molecule has 0 amide bonds. The smallest absolute Gasteiger partial charge is 0.303 e. The summed E-state index contributed by atoms with van der Waals surface area (Å²) in [5, 5.41) is 16.4. The summed E-state index contributed by atoms with van der Waals surface area (Å²) in [6.45, 7) is 4.39. The van der Waals surface area contributed by atoms with E-state index in [9.17, 15) is 9.90 Å². The van der Waals surface area contributed by atoms with Crippen molar-refractivity contribution in [1.82, 2.24) is 19.8 Å². The lowest BCUT2D eigenvalue weighted by atomic mass is 9.83. The Bertz CT molecular complexity index is 1980. The lowest BCUT2D eigenvalue weighted by molar-refractivity contribution is -0.136. The molecule has 8 nitrogen and oxygen atoms in total. The molecule has 48 heavy (non-hydrogen) atoms. The molecule has 0 fully saturated rings. The Hall–Kier alpha value is -4.61. The Morgan fingerprint density at radius 2 is 1.94 bits per heavy atom. The van der Waals surface area contributed by atoms with Gasteiger partial charge in [-0.05, 0) is 72.4 Å². The molecule has 4 bridgehead atoms. The fraction of sp³-hybridized carbons (Fsp3) is 0.297. The van der Waals surface area contributed by atoms with Crippen LogP contribution < -0.4 is 11.6 Å². The van der Waals surface area contributed by atoms with Crippen molar-refractivity contribution < 1.29 is 18.7 Å². The van der Waals surface area contributed by atoms with Gasteiger partial charge in [0.25, 0.3) is 0 Å². The zero-order valence-electron chi connectivity index (χ0n) is 27.0. The van der Waals surface area contributed by atoms with Gasteiger partial charge in [-0.15, -0.1) is 0 Å².